The third-order valence-corrected chi connectivity index (χ3v) is 7.00. The first-order valence-corrected chi connectivity index (χ1v) is 11.7. The number of aliphatic hydroxyl groups excluding tert-OH is 1. The van der Waals surface area contributed by atoms with Gasteiger partial charge in [-0.05, 0) is 23.6 Å². The lowest BCUT2D eigenvalue weighted by Crippen LogP contribution is -2.43. The molecule has 0 bridgehead atoms. The maximum atomic E-state index is 13.6. The number of morpholine rings is 1. The van der Waals surface area contributed by atoms with Crippen molar-refractivity contribution < 1.29 is 28.6 Å². The number of nitrogens with zero attached hydrogens (tertiary/aromatic N) is 2. The molecule has 0 radical (unpaired) electrons. The third kappa shape index (κ3) is 3.92. The minimum atomic E-state index is -0.666. The summed E-state index contributed by atoms with van der Waals surface area (Å²) in [6.07, 6.45) is 0. The Hall–Kier alpha value is -3.14. The van der Waals surface area contributed by atoms with Crippen molar-refractivity contribution in [3.63, 3.8) is 0 Å². The van der Waals surface area contributed by atoms with Crippen LogP contribution < -0.4 is 4.74 Å². The number of hydrogen-bond acceptors (Lipinski definition) is 8. The zero-order valence-electron chi connectivity index (χ0n) is 18.2. The van der Waals surface area contributed by atoms with Crippen molar-refractivity contribution in [1.82, 2.24) is 9.80 Å². The Morgan fingerprint density at radius 3 is 2.76 bits per heavy atom. The van der Waals surface area contributed by atoms with E-state index in [0.29, 0.717) is 43.0 Å². The van der Waals surface area contributed by atoms with E-state index in [0.717, 1.165) is 18.0 Å². The summed E-state index contributed by atoms with van der Waals surface area (Å²) in [4.78, 5) is 31.3. The van der Waals surface area contributed by atoms with Crippen LogP contribution in [0.3, 0.4) is 0 Å². The number of carbonyl (C=O) groups excluding carboxylic acids is 2. The van der Waals surface area contributed by atoms with Gasteiger partial charge in [0.25, 0.3) is 5.91 Å². The van der Waals surface area contributed by atoms with E-state index in [2.05, 4.69) is 4.90 Å². The van der Waals surface area contributed by atoms with Crippen LogP contribution in [-0.2, 0) is 9.53 Å². The Morgan fingerprint density at radius 1 is 1.21 bits per heavy atom. The summed E-state index contributed by atoms with van der Waals surface area (Å²) >= 11 is 1.44. The lowest BCUT2D eigenvalue weighted by atomic mass is 10.00. The fourth-order valence-electron chi connectivity index (χ4n) is 4.37. The van der Waals surface area contributed by atoms with Crippen LogP contribution in [0, 0.1) is 0 Å². The van der Waals surface area contributed by atoms with Crippen LogP contribution >= 0.6 is 11.3 Å². The van der Waals surface area contributed by atoms with Crippen LogP contribution in [0.2, 0.25) is 0 Å². The highest BCUT2D eigenvalue weighted by Gasteiger charge is 2.45. The van der Waals surface area contributed by atoms with Gasteiger partial charge in [-0.25, -0.2) is 0 Å². The van der Waals surface area contributed by atoms with Gasteiger partial charge in [-0.1, -0.05) is 18.2 Å². The summed E-state index contributed by atoms with van der Waals surface area (Å²) in [5.74, 6) is -1.01. The Kier molecular flexibility index (Phi) is 5.92. The number of amides is 1. The van der Waals surface area contributed by atoms with Gasteiger partial charge in [0, 0.05) is 36.4 Å². The average molecular weight is 469 g/mol. The molecule has 8 nitrogen and oxygen atoms in total. The second kappa shape index (κ2) is 9.01. The second-order valence-electron chi connectivity index (χ2n) is 7.95. The van der Waals surface area contributed by atoms with Crippen LogP contribution in [0.5, 0.6) is 5.75 Å². The fraction of sp³-hybridized carbons (Fsp3) is 0.333. The van der Waals surface area contributed by atoms with E-state index < -0.39 is 23.5 Å². The highest BCUT2D eigenvalue weighted by Crippen LogP contribution is 2.41. The molecule has 2 aliphatic rings. The van der Waals surface area contributed by atoms with E-state index in [9.17, 15) is 14.7 Å². The Labute approximate surface area is 194 Å². The number of thiophene rings is 1. The Morgan fingerprint density at radius 2 is 2.03 bits per heavy atom. The van der Waals surface area contributed by atoms with Crippen LogP contribution in [0.4, 0.5) is 0 Å². The highest BCUT2D eigenvalue weighted by molar-refractivity contribution is 7.10. The van der Waals surface area contributed by atoms with Gasteiger partial charge in [0.2, 0.25) is 5.78 Å². The summed E-state index contributed by atoms with van der Waals surface area (Å²) in [6.45, 7) is 3.91. The molecule has 1 fully saturated rings. The van der Waals surface area contributed by atoms with Gasteiger partial charge in [0.15, 0.2) is 22.9 Å². The maximum Gasteiger partial charge on any atom is 0.290 e. The molecule has 2 aromatic heterocycles. The topological polar surface area (TPSA) is 92.5 Å². The third-order valence-electron chi connectivity index (χ3n) is 6.07. The van der Waals surface area contributed by atoms with Gasteiger partial charge in [0.05, 0.1) is 31.9 Å². The zero-order valence-corrected chi connectivity index (χ0v) is 19.0. The molecule has 0 aliphatic carbocycles. The quantitative estimate of drug-likeness (QED) is 0.531. The molecule has 0 spiro atoms. The number of furan rings is 1. The van der Waals surface area contributed by atoms with Gasteiger partial charge in [-0.15, -0.1) is 11.3 Å². The van der Waals surface area contributed by atoms with E-state index in [1.165, 1.54) is 18.4 Å². The molecule has 1 N–H and O–H groups in total. The summed E-state index contributed by atoms with van der Waals surface area (Å²) in [7, 11) is 1.53. The van der Waals surface area contributed by atoms with E-state index in [4.69, 9.17) is 13.9 Å². The molecule has 3 aromatic rings. The van der Waals surface area contributed by atoms with Gasteiger partial charge in [-0.2, -0.15) is 0 Å². The molecule has 1 aromatic carbocycles. The van der Waals surface area contributed by atoms with E-state index in [1.807, 2.05) is 29.6 Å². The standard InChI is InChI=1S/C24H24N2O6S/c1-30-16-5-2-4-15-14-17(32-23(15)16)21(27)19-20(18-6-3-13-33-18)26(24(29)22(19)28)8-7-25-9-11-31-12-10-25/h2-6,13-14,20,28H,7-12H2,1H3/t20-/m1/s1. The summed E-state index contributed by atoms with van der Waals surface area (Å²) in [5.41, 5.74) is 0.493. The van der Waals surface area contributed by atoms with Crippen molar-refractivity contribution in [2.75, 3.05) is 46.5 Å². The van der Waals surface area contributed by atoms with Crippen molar-refractivity contribution in [1.29, 1.82) is 0 Å². The van der Waals surface area contributed by atoms with Gasteiger partial charge in [0.1, 0.15) is 0 Å². The van der Waals surface area contributed by atoms with Crippen molar-refractivity contribution in [3.8, 4) is 5.75 Å². The molecule has 1 saturated heterocycles. The molecular formula is C24H24N2O6S. The minimum Gasteiger partial charge on any atom is -0.503 e. The molecule has 2 aliphatic heterocycles. The van der Waals surface area contributed by atoms with Crippen LogP contribution in [0.15, 0.2) is 57.5 Å². The molecule has 0 unspecified atom stereocenters. The lowest BCUT2D eigenvalue weighted by molar-refractivity contribution is -0.129. The first kappa shape index (κ1) is 21.7. The summed E-state index contributed by atoms with van der Waals surface area (Å²) in [6, 6.07) is 10.1. The first-order valence-electron chi connectivity index (χ1n) is 10.8. The van der Waals surface area contributed by atoms with Gasteiger partial charge >= 0.3 is 0 Å². The van der Waals surface area contributed by atoms with Crippen molar-refractivity contribution in [2.24, 2.45) is 0 Å². The second-order valence-corrected chi connectivity index (χ2v) is 8.93. The van der Waals surface area contributed by atoms with Crippen LogP contribution in [-0.4, -0.2) is 73.1 Å². The number of benzene rings is 1. The predicted molar refractivity (Wildman–Crippen MR) is 123 cm³/mol. The number of hydrogen-bond donors (Lipinski definition) is 1. The number of para-hydroxylation sites is 1. The fourth-order valence-corrected chi connectivity index (χ4v) is 5.22. The number of fused-ring (bicyclic) bond motifs is 1. The summed E-state index contributed by atoms with van der Waals surface area (Å²) < 4.78 is 16.6. The first-order chi connectivity index (χ1) is 16.1. The van der Waals surface area contributed by atoms with Gasteiger partial charge in [-0.3, -0.25) is 14.5 Å². The molecule has 172 valence electrons. The molecule has 5 rings (SSSR count). The van der Waals surface area contributed by atoms with Crippen molar-refractivity contribution >= 4 is 34.0 Å². The largest absolute Gasteiger partial charge is 0.503 e. The minimum absolute atomic E-state index is 0.0439. The number of rotatable bonds is 7. The average Bonchev–Trinajstić information content (AvgIpc) is 3.57. The Bertz CT molecular complexity index is 1210. The van der Waals surface area contributed by atoms with Gasteiger partial charge < -0.3 is 23.9 Å². The lowest BCUT2D eigenvalue weighted by Gasteiger charge is -2.31. The van der Waals surface area contributed by atoms with Crippen LogP contribution in [0.25, 0.3) is 11.0 Å². The van der Waals surface area contributed by atoms with E-state index in [-0.39, 0.29) is 11.3 Å². The Balaban J connectivity index is 1.48. The number of carbonyl (C=O) groups is 2. The molecule has 9 heteroatoms. The monoisotopic (exact) mass is 468 g/mol. The highest BCUT2D eigenvalue weighted by atomic mass is 32.1. The maximum absolute atomic E-state index is 13.6. The molecule has 1 amide bonds. The van der Waals surface area contributed by atoms with Crippen molar-refractivity contribution in [3.05, 3.63) is 63.7 Å². The number of ether oxygens (including phenoxy) is 2. The number of methoxy groups -OCH3 is 1. The molecule has 4 heterocycles. The number of Topliss-reactive ketones (excluding diaryl/α,β-unsaturated/α-hetero) is 1. The summed E-state index contributed by atoms with van der Waals surface area (Å²) in [5, 5.41) is 13.4. The molecule has 1 atom stereocenters. The van der Waals surface area contributed by atoms with Crippen molar-refractivity contribution in [2.45, 2.75) is 6.04 Å². The predicted octanol–water partition coefficient (Wildman–Crippen LogP) is 3.41. The van der Waals surface area contributed by atoms with E-state index in [1.54, 1.807) is 17.0 Å². The smallest absolute Gasteiger partial charge is 0.290 e. The molecule has 0 saturated carbocycles. The molecule has 33 heavy (non-hydrogen) atoms. The van der Waals surface area contributed by atoms with E-state index >= 15 is 0 Å². The molecular weight excluding hydrogens is 444 g/mol. The van der Waals surface area contributed by atoms with Crippen LogP contribution in [0.1, 0.15) is 21.5 Å². The number of ketones is 1. The normalized spacial score (nSPS) is 19.6. The zero-order chi connectivity index (χ0) is 22.9. The SMILES string of the molecule is COc1cccc2cc(C(=O)C3=C(O)C(=O)N(CCN4CCOCC4)[C@@H]3c3cccs3)oc12. The number of aliphatic hydroxyl groups is 1.